The predicted octanol–water partition coefficient (Wildman–Crippen LogP) is 6.95. The highest BCUT2D eigenvalue weighted by molar-refractivity contribution is 8.77. The van der Waals surface area contributed by atoms with Crippen LogP contribution in [0.2, 0.25) is 0 Å². The standard InChI is InChI=1S/C22H42O4S2/c1-5-7-9-11-13-15-17-25-21(23)19(3)27-28-20(4)22(24)26-18-16-14-12-10-8-6-2/h19-20H,5-18H2,1-4H3. The number of rotatable bonds is 19. The van der Waals surface area contributed by atoms with E-state index in [1.165, 1.54) is 73.0 Å². The summed E-state index contributed by atoms with van der Waals surface area (Å²) in [7, 11) is 2.78. The van der Waals surface area contributed by atoms with Gasteiger partial charge in [-0.2, -0.15) is 0 Å². The summed E-state index contributed by atoms with van der Waals surface area (Å²) in [4.78, 5) is 24.0. The minimum atomic E-state index is -0.279. The van der Waals surface area contributed by atoms with Gasteiger partial charge < -0.3 is 9.47 Å². The van der Waals surface area contributed by atoms with Gasteiger partial charge in [0.2, 0.25) is 0 Å². The van der Waals surface area contributed by atoms with Gasteiger partial charge in [-0.3, -0.25) is 9.59 Å². The smallest absolute Gasteiger partial charge is 0.319 e. The van der Waals surface area contributed by atoms with Gasteiger partial charge >= 0.3 is 11.9 Å². The Kier molecular flexibility index (Phi) is 19.7. The molecule has 0 aromatic heterocycles. The molecule has 4 nitrogen and oxygen atoms in total. The maximum Gasteiger partial charge on any atom is 0.319 e. The van der Waals surface area contributed by atoms with E-state index in [2.05, 4.69) is 13.8 Å². The van der Waals surface area contributed by atoms with Crippen molar-refractivity contribution in [3.05, 3.63) is 0 Å². The summed E-state index contributed by atoms with van der Waals surface area (Å²) in [5.41, 5.74) is 0. The largest absolute Gasteiger partial charge is 0.465 e. The van der Waals surface area contributed by atoms with E-state index in [1.54, 1.807) is 0 Å². The zero-order valence-corrected chi connectivity index (χ0v) is 20.1. The zero-order chi connectivity index (χ0) is 21.0. The lowest BCUT2D eigenvalue weighted by Gasteiger charge is -2.14. The average molecular weight is 435 g/mol. The molecule has 0 rings (SSSR count). The molecule has 0 aliphatic rings. The van der Waals surface area contributed by atoms with E-state index in [4.69, 9.17) is 9.47 Å². The highest BCUT2D eigenvalue weighted by Gasteiger charge is 2.21. The zero-order valence-electron chi connectivity index (χ0n) is 18.5. The second-order valence-corrected chi connectivity index (χ2v) is 10.3. The minimum absolute atomic E-state index is 0.196. The Morgan fingerprint density at radius 1 is 0.607 bits per heavy atom. The fraction of sp³-hybridized carbons (Fsp3) is 0.909. The molecule has 166 valence electrons. The van der Waals surface area contributed by atoms with Crippen LogP contribution in [0.1, 0.15) is 105 Å². The van der Waals surface area contributed by atoms with E-state index in [-0.39, 0.29) is 22.4 Å². The van der Waals surface area contributed by atoms with Gasteiger partial charge in [-0.25, -0.2) is 0 Å². The number of ether oxygens (including phenoxy) is 2. The highest BCUT2D eigenvalue weighted by atomic mass is 33.1. The van der Waals surface area contributed by atoms with E-state index >= 15 is 0 Å². The Labute approximate surface area is 181 Å². The SMILES string of the molecule is CCCCCCCCOC(=O)C(C)SSC(C)C(=O)OCCCCCCCC. The fourth-order valence-corrected chi connectivity index (χ4v) is 4.69. The lowest BCUT2D eigenvalue weighted by molar-refractivity contribution is -0.143. The quantitative estimate of drug-likeness (QED) is 0.124. The topological polar surface area (TPSA) is 52.6 Å². The number of unbranched alkanes of at least 4 members (excludes halogenated alkanes) is 10. The van der Waals surface area contributed by atoms with E-state index in [0.29, 0.717) is 13.2 Å². The number of carbonyl (C=O) groups is 2. The van der Waals surface area contributed by atoms with Gasteiger partial charge in [-0.1, -0.05) is 99.6 Å². The number of esters is 2. The molecule has 0 aromatic rings. The number of hydrogen-bond acceptors (Lipinski definition) is 6. The summed E-state index contributed by atoms with van der Waals surface area (Å²) < 4.78 is 10.7. The van der Waals surface area contributed by atoms with Gasteiger partial charge in [-0.15, -0.1) is 0 Å². The maximum atomic E-state index is 12.0. The molecule has 0 aliphatic heterocycles. The van der Waals surface area contributed by atoms with E-state index in [1.807, 2.05) is 13.8 Å². The van der Waals surface area contributed by atoms with Crippen LogP contribution in [0.5, 0.6) is 0 Å². The molecule has 28 heavy (non-hydrogen) atoms. The molecule has 0 bridgehead atoms. The van der Waals surface area contributed by atoms with Gasteiger partial charge in [0.05, 0.1) is 13.2 Å². The van der Waals surface area contributed by atoms with Gasteiger partial charge in [0.1, 0.15) is 10.5 Å². The molecule has 0 saturated carbocycles. The Balaban J connectivity index is 3.69. The van der Waals surface area contributed by atoms with Crippen molar-refractivity contribution in [1.82, 2.24) is 0 Å². The minimum Gasteiger partial charge on any atom is -0.465 e. The average Bonchev–Trinajstić information content (AvgIpc) is 2.69. The molecule has 0 aromatic carbocycles. The molecule has 0 fully saturated rings. The molecule has 0 amide bonds. The lowest BCUT2D eigenvalue weighted by Crippen LogP contribution is -2.20. The second-order valence-electron chi connectivity index (χ2n) is 7.35. The predicted molar refractivity (Wildman–Crippen MR) is 123 cm³/mol. The Morgan fingerprint density at radius 3 is 1.29 bits per heavy atom. The Morgan fingerprint density at radius 2 is 0.929 bits per heavy atom. The first-order valence-electron chi connectivity index (χ1n) is 11.2. The van der Waals surface area contributed by atoms with E-state index in [9.17, 15) is 9.59 Å². The summed E-state index contributed by atoms with van der Waals surface area (Å²) in [6.07, 6.45) is 14.1. The number of hydrogen-bond donors (Lipinski definition) is 0. The van der Waals surface area contributed by atoms with Crippen LogP contribution in [0.15, 0.2) is 0 Å². The maximum absolute atomic E-state index is 12.0. The van der Waals surface area contributed by atoms with Crippen LogP contribution in [-0.4, -0.2) is 35.7 Å². The van der Waals surface area contributed by atoms with Gasteiger partial charge in [-0.05, 0) is 26.7 Å². The Hall–Kier alpha value is -0.360. The van der Waals surface area contributed by atoms with Crippen molar-refractivity contribution in [2.45, 2.75) is 115 Å². The molecular weight excluding hydrogens is 392 g/mol. The molecule has 6 heteroatoms. The van der Waals surface area contributed by atoms with Gasteiger partial charge in [0, 0.05) is 0 Å². The summed E-state index contributed by atoms with van der Waals surface area (Å²) >= 11 is 0. The van der Waals surface area contributed by atoms with Crippen LogP contribution in [0, 0.1) is 0 Å². The van der Waals surface area contributed by atoms with Crippen molar-refractivity contribution in [2.75, 3.05) is 13.2 Å². The van der Waals surface area contributed by atoms with Crippen LogP contribution in [-0.2, 0) is 19.1 Å². The van der Waals surface area contributed by atoms with Crippen LogP contribution < -0.4 is 0 Å². The van der Waals surface area contributed by atoms with Crippen molar-refractivity contribution >= 4 is 33.5 Å². The van der Waals surface area contributed by atoms with Crippen LogP contribution in [0.4, 0.5) is 0 Å². The first-order chi connectivity index (χ1) is 13.5. The monoisotopic (exact) mass is 434 g/mol. The summed E-state index contributed by atoms with van der Waals surface area (Å²) in [5, 5.41) is -0.558. The summed E-state index contributed by atoms with van der Waals surface area (Å²) in [5.74, 6) is -0.391. The summed E-state index contributed by atoms with van der Waals surface area (Å²) in [6.45, 7) is 9.06. The van der Waals surface area contributed by atoms with Crippen molar-refractivity contribution in [1.29, 1.82) is 0 Å². The second kappa shape index (κ2) is 19.9. The first kappa shape index (κ1) is 27.6. The fourth-order valence-electron chi connectivity index (χ4n) is 2.59. The van der Waals surface area contributed by atoms with Gasteiger partial charge in [0.15, 0.2) is 0 Å². The van der Waals surface area contributed by atoms with Crippen molar-refractivity contribution in [3.8, 4) is 0 Å². The van der Waals surface area contributed by atoms with Crippen molar-refractivity contribution in [3.63, 3.8) is 0 Å². The van der Waals surface area contributed by atoms with E-state index < -0.39 is 0 Å². The van der Waals surface area contributed by atoms with Crippen LogP contribution in [0.3, 0.4) is 0 Å². The summed E-state index contributed by atoms with van der Waals surface area (Å²) in [6, 6.07) is 0. The third kappa shape index (κ3) is 16.6. The molecule has 0 N–H and O–H groups in total. The molecule has 0 heterocycles. The van der Waals surface area contributed by atoms with Gasteiger partial charge in [0.25, 0.3) is 0 Å². The van der Waals surface area contributed by atoms with Crippen LogP contribution >= 0.6 is 21.6 Å². The number of carbonyl (C=O) groups excluding carboxylic acids is 2. The van der Waals surface area contributed by atoms with Crippen molar-refractivity contribution in [2.24, 2.45) is 0 Å². The normalized spacial score (nSPS) is 13.1. The van der Waals surface area contributed by atoms with E-state index in [0.717, 1.165) is 25.7 Å². The molecule has 0 radical (unpaired) electrons. The highest BCUT2D eigenvalue weighted by Crippen LogP contribution is 2.32. The molecule has 2 unspecified atom stereocenters. The molecule has 0 spiro atoms. The molecule has 0 aliphatic carbocycles. The molecule has 2 atom stereocenters. The molecule has 0 saturated heterocycles. The lowest BCUT2D eigenvalue weighted by atomic mass is 10.1. The van der Waals surface area contributed by atoms with Crippen LogP contribution in [0.25, 0.3) is 0 Å². The third-order valence-electron chi connectivity index (χ3n) is 4.49. The van der Waals surface area contributed by atoms with Crippen molar-refractivity contribution < 1.29 is 19.1 Å². The third-order valence-corrected chi connectivity index (χ3v) is 7.63. The molecular formula is C22H42O4S2. The Bertz CT molecular complexity index is 355. The first-order valence-corrected chi connectivity index (χ1v) is 13.5.